The zero-order chi connectivity index (χ0) is 14.8. The molecule has 0 unspecified atom stereocenters. The predicted molar refractivity (Wildman–Crippen MR) is 74.8 cm³/mol. The number of nitrogens with one attached hydrogen (secondary N) is 1. The highest BCUT2D eigenvalue weighted by atomic mass is 35.5. The summed E-state index contributed by atoms with van der Waals surface area (Å²) in [5.41, 5.74) is -0.415. The standard InChI is InChI=1S/C13H15Cl2NO3/c1-13(2,3)10(12(18)19)16-11(17)8-5-4-7(14)6-9(8)15/h4-6,10H,1-3H3,(H,16,17)(H,18,19)/t10-/m1/s1. The van der Waals surface area contributed by atoms with E-state index in [2.05, 4.69) is 5.32 Å². The van der Waals surface area contributed by atoms with E-state index in [1.165, 1.54) is 18.2 Å². The Balaban J connectivity index is 2.98. The van der Waals surface area contributed by atoms with Crippen molar-refractivity contribution in [2.24, 2.45) is 5.41 Å². The zero-order valence-corrected chi connectivity index (χ0v) is 12.3. The monoisotopic (exact) mass is 303 g/mol. The van der Waals surface area contributed by atoms with Gasteiger partial charge in [-0.05, 0) is 23.6 Å². The van der Waals surface area contributed by atoms with Crippen molar-refractivity contribution in [3.63, 3.8) is 0 Å². The maximum absolute atomic E-state index is 12.0. The van der Waals surface area contributed by atoms with Crippen molar-refractivity contribution in [1.29, 1.82) is 0 Å². The molecule has 0 heterocycles. The molecule has 1 rings (SSSR count). The van der Waals surface area contributed by atoms with Crippen LogP contribution in [0.25, 0.3) is 0 Å². The van der Waals surface area contributed by atoms with Crippen LogP contribution in [0.3, 0.4) is 0 Å². The van der Waals surface area contributed by atoms with Gasteiger partial charge in [0.2, 0.25) is 0 Å². The number of benzene rings is 1. The Morgan fingerprint density at radius 1 is 1.26 bits per heavy atom. The Labute approximate surface area is 121 Å². The van der Waals surface area contributed by atoms with Gasteiger partial charge in [0.15, 0.2) is 0 Å². The van der Waals surface area contributed by atoms with Gasteiger partial charge in [0.25, 0.3) is 5.91 Å². The maximum atomic E-state index is 12.0. The Bertz CT molecular complexity index is 509. The number of aliphatic carboxylic acids is 1. The molecule has 4 nitrogen and oxygen atoms in total. The van der Waals surface area contributed by atoms with Gasteiger partial charge in [0, 0.05) is 5.02 Å². The lowest BCUT2D eigenvalue weighted by Crippen LogP contribution is -2.49. The van der Waals surface area contributed by atoms with E-state index in [0.29, 0.717) is 5.02 Å². The van der Waals surface area contributed by atoms with Gasteiger partial charge in [-0.25, -0.2) is 4.79 Å². The lowest BCUT2D eigenvalue weighted by atomic mass is 9.86. The molecule has 0 bridgehead atoms. The number of carboxylic acids is 1. The van der Waals surface area contributed by atoms with E-state index >= 15 is 0 Å². The van der Waals surface area contributed by atoms with Gasteiger partial charge >= 0.3 is 5.97 Å². The topological polar surface area (TPSA) is 66.4 Å². The average molecular weight is 304 g/mol. The summed E-state index contributed by atoms with van der Waals surface area (Å²) in [7, 11) is 0. The number of carboxylic acid groups (broad SMARTS) is 1. The normalized spacial score (nSPS) is 12.9. The molecule has 1 amide bonds. The average Bonchev–Trinajstić information content (AvgIpc) is 2.23. The molecule has 0 aliphatic heterocycles. The summed E-state index contributed by atoms with van der Waals surface area (Å²) in [6, 6.07) is 3.41. The molecule has 0 aromatic heterocycles. The minimum atomic E-state index is -1.09. The molecule has 1 aromatic rings. The molecule has 1 atom stereocenters. The third-order valence-electron chi connectivity index (χ3n) is 2.56. The summed E-state index contributed by atoms with van der Waals surface area (Å²) in [4.78, 5) is 23.2. The van der Waals surface area contributed by atoms with Gasteiger partial charge in [0.05, 0.1) is 10.6 Å². The predicted octanol–water partition coefficient (Wildman–Crippen LogP) is 3.22. The zero-order valence-electron chi connectivity index (χ0n) is 10.8. The number of carbonyl (C=O) groups excluding carboxylic acids is 1. The van der Waals surface area contributed by atoms with Crippen LogP contribution in [0.2, 0.25) is 10.0 Å². The fourth-order valence-corrected chi connectivity index (χ4v) is 2.03. The largest absolute Gasteiger partial charge is 0.480 e. The van der Waals surface area contributed by atoms with Crippen LogP contribution in [0, 0.1) is 5.41 Å². The van der Waals surface area contributed by atoms with Crippen LogP contribution in [-0.2, 0) is 4.79 Å². The second kappa shape index (κ2) is 5.80. The molecule has 0 spiro atoms. The first kappa shape index (κ1) is 15.8. The van der Waals surface area contributed by atoms with Crippen LogP contribution in [-0.4, -0.2) is 23.0 Å². The Morgan fingerprint density at radius 2 is 1.84 bits per heavy atom. The van der Waals surface area contributed by atoms with Gasteiger partial charge in [-0.1, -0.05) is 44.0 Å². The van der Waals surface area contributed by atoms with Crippen molar-refractivity contribution >= 4 is 35.1 Å². The molecule has 1 aromatic carbocycles. The van der Waals surface area contributed by atoms with Crippen molar-refractivity contribution in [2.75, 3.05) is 0 Å². The highest BCUT2D eigenvalue weighted by Crippen LogP contribution is 2.23. The van der Waals surface area contributed by atoms with Crippen molar-refractivity contribution < 1.29 is 14.7 Å². The van der Waals surface area contributed by atoms with E-state index in [9.17, 15) is 9.59 Å². The number of hydrogen-bond acceptors (Lipinski definition) is 2. The molecule has 2 N–H and O–H groups in total. The molecular weight excluding hydrogens is 289 g/mol. The number of hydrogen-bond donors (Lipinski definition) is 2. The molecule has 104 valence electrons. The van der Waals surface area contributed by atoms with Crippen LogP contribution in [0.5, 0.6) is 0 Å². The molecular formula is C13H15Cl2NO3. The van der Waals surface area contributed by atoms with Gasteiger partial charge in [-0.3, -0.25) is 4.79 Å². The van der Waals surface area contributed by atoms with Crippen LogP contribution >= 0.6 is 23.2 Å². The number of amides is 1. The van der Waals surface area contributed by atoms with Gasteiger partial charge in [0.1, 0.15) is 6.04 Å². The van der Waals surface area contributed by atoms with Crippen molar-refractivity contribution in [2.45, 2.75) is 26.8 Å². The minimum absolute atomic E-state index is 0.183. The SMILES string of the molecule is CC(C)(C)[C@H](NC(=O)c1ccc(Cl)cc1Cl)C(=O)O. The van der Waals surface area contributed by atoms with Crippen LogP contribution in [0.1, 0.15) is 31.1 Å². The Kier molecular flexibility index (Phi) is 4.82. The Morgan fingerprint density at radius 3 is 2.26 bits per heavy atom. The summed E-state index contributed by atoms with van der Waals surface area (Å²) in [5.74, 6) is -1.63. The third-order valence-corrected chi connectivity index (χ3v) is 3.11. The third kappa shape index (κ3) is 4.11. The highest BCUT2D eigenvalue weighted by Gasteiger charge is 2.33. The minimum Gasteiger partial charge on any atom is -0.480 e. The molecule has 0 radical (unpaired) electrons. The molecule has 0 saturated heterocycles. The summed E-state index contributed by atoms with van der Waals surface area (Å²) < 4.78 is 0. The summed E-state index contributed by atoms with van der Waals surface area (Å²) in [5, 5.41) is 12.2. The second-order valence-electron chi connectivity index (χ2n) is 5.23. The molecule has 0 saturated carbocycles. The maximum Gasteiger partial charge on any atom is 0.326 e. The number of rotatable bonds is 3. The molecule has 0 fully saturated rings. The van der Waals surface area contributed by atoms with E-state index in [1.807, 2.05) is 0 Å². The van der Waals surface area contributed by atoms with E-state index in [4.69, 9.17) is 28.3 Å². The van der Waals surface area contributed by atoms with Crippen LogP contribution in [0.4, 0.5) is 0 Å². The molecule has 0 aliphatic carbocycles. The van der Waals surface area contributed by atoms with Crippen molar-refractivity contribution in [3.8, 4) is 0 Å². The Hall–Kier alpha value is -1.26. The molecule has 19 heavy (non-hydrogen) atoms. The first-order valence-corrected chi connectivity index (χ1v) is 6.37. The van der Waals surface area contributed by atoms with E-state index in [0.717, 1.165) is 0 Å². The lowest BCUT2D eigenvalue weighted by molar-refractivity contribution is -0.142. The highest BCUT2D eigenvalue weighted by molar-refractivity contribution is 6.36. The first-order chi connectivity index (χ1) is 8.62. The fourth-order valence-electron chi connectivity index (χ4n) is 1.53. The van der Waals surface area contributed by atoms with E-state index < -0.39 is 23.3 Å². The summed E-state index contributed by atoms with van der Waals surface area (Å²) in [6.07, 6.45) is 0. The quantitative estimate of drug-likeness (QED) is 0.901. The lowest BCUT2D eigenvalue weighted by Gasteiger charge is -2.27. The van der Waals surface area contributed by atoms with Gasteiger partial charge in [-0.2, -0.15) is 0 Å². The molecule has 0 aliphatic rings. The number of halogens is 2. The van der Waals surface area contributed by atoms with Gasteiger partial charge in [-0.15, -0.1) is 0 Å². The van der Waals surface area contributed by atoms with E-state index in [1.54, 1.807) is 20.8 Å². The molecule has 6 heteroatoms. The fraction of sp³-hybridized carbons (Fsp3) is 0.385. The van der Waals surface area contributed by atoms with Gasteiger partial charge < -0.3 is 10.4 Å². The summed E-state index contributed by atoms with van der Waals surface area (Å²) >= 11 is 11.6. The van der Waals surface area contributed by atoms with Crippen LogP contribution < -0.4 is 5.32 Å². The van der Waals surface area contributed by atoms with E-state index in [-0.39, 0.29) is 10.6 Å². The summed E-state index contributed by atoms with van der Waals surface area (Å²) in [6.45, 7) is 5.20. The van der Waals surface area contributed by atoms with Crippen molar-refractivity contribution in [1.82, 2.24) is 5.32 Å². The van der Waals surface area contributed by atoms with Crippen molar-refractivity contribution in [3.05, 3.63) is 33.8 Å². The number of carbonyl (C=O) groups is 2. The smallest absolute Gasteiger partial charge is 0.326 e. The first-order valence-electron chi connectivity index (χ1n) is 5.61. The second-order valence-corrected chi connectivity index (χ2v) is 6.08. The van der Waals surface area contributed by atoms with Crippen LogP contribution in [0.15, 0.2) is 18.2 Å².